The number of ether oxygens (including phenoxy) is 3. The molecule has 0 aromatic carbocycles. The van der Waals surface area contributed by atoms with Gasteiger partial charge in [0, 0.05) is 50.7 Å². The highest BCUT2D eigenvalue weighted by molar-refractivity contribution is 7.98. The van der Waals surface area contributed by atoms with Gasteiger partial charge in [-0.1, -0.05) is 217 Å². The fraction of sp³-hybridized carbons (Fsp3) is 0.746. The van der Waals surface area contributed by atoms with Gasteiger partial charge >= 0.3 is 11.9 Å². The van der Waals surface area contributed by atoms with Gasteiger partial charge in [-0.25, -0.2) is 4.72 Å². The molecule has 0 aliphatic rings. The predicted molar refractivity (Wildman–Crippen MR) is 340 cm³/mol. The molecule has 8 nitrogen and oxygen atoms in total. The van der Waals surface area contributed by atoms with E-state index in [-0.39, 0.29) is 40.4 Å². The normalized spacial score (nSPS) is 12.9. The lowest BCUT2D eigenvalue weighted by atomic mass is 10.0. The molecule has 0 heterocycles. The summed E-state index contributed by atoms with van der Waals surface area (Å²) in [5.41, 5.74) is -1.07. The second-order valence-corrected chi connectivity index (χ2v) is 23.0. The summed E-state index contributed by atoms with van der Waals surface area (Å²) in [5, 5.41) is 3.49. The Morgan fingerprint density at radius 2 is 0.750 bits per heavy atom. The van der Waals surface area contributed by atoms with Crippen LogP contribution in [0, 0.1) is 0 Å². The maximum atomic E-state index is 13.3. The van der Waals surface area contributed by atoms with Gasteiger partial charge in [0.2, 0.25) is 0 Å². The Bertz CT molecular complexity index is 1460. The second kappa shape index (κ2) is 59.5. The number of carbonyl (C=O) groups excluding carboxylic acids is 2. The smallest absolute Gasteiger partial charge is 0.305 e. The van der Waals surface area contributed by atoms with E-state index in [9.17, 15) is 13.8 Å². The van der Waals surface area contributed by atoms with Gasteiger partial charge in [-0.05, 0) is 128 Å². The molecule has 0 aliphatic carbocycles. The van der Waals surface area contributed by atoms with E-state index >= 15 is 0 Å². The van der Waals surface area contributed by atoms with Crippen molar-refractivity contribution >= 4 is 27.5 Å². The van der Waals surface area contributed by atoms with Crippen molar-refractivity contribution in [3.8, 4) is 0 Å². The fourth-order valence-corrected chi connectivity index (χ4v) is 9.46. The average molecular weight is 1090 g/mol. The van der Waals surface area contributed by atoms with Crippen LogP contribution in [-0.4, -0.2) is 66.2 Å². The summed E-state index contributed by atoms with van der Waals surface area (Å²) < 4.78 is 34.7. The SMILES string of the molecule is C=C(CCCCCCC/C=C\C/C=C\CCCCC)OCC(COC(=O)CCCCCCC/C=C\C/C=C\CCCCC)(COC(=O)CCCCCCC/C=C\C/C=C\CCCCC)NCCS(=C)(=O)NCCC.CC.[HH].[HH]. The molecule has 0 saturated heterocycles. The molecule has 9 heteroatoms. The summed E-state index contributed by atoms with van der Waals surface area (Å²) >= 11 is 0. The molecule has 1 unspecified atom stereocenters. The Morgan fingerprint density at radius 1 is 0.434 bits per heavy atom. The highest BCUT2D eigenvalue weighted by Crippen LogP contribution is 2.18. The van der Waals surface area contributed by atoms with Crippen molar-refractivity contribution in [2.45, 2.75) is 285 Å². The van der Waals surface area contributed by atoms with E-state index in [0.29, 0.717) is 38.1 Å². The number of carbonyl (C=O) groups is 2. The van der Waals surface area contributed by atoms with Crippen molar-refractivity contribution in [2.24, 2.45) is 0 Å². The lowest BCUT2D eigenvalue weighted by molar-refractivity contribution is -0.153. The molecule has 0 aromatic rings. The number of esters is 2. The first-order chi connectivity index (χ1) is 37.1. The van der Waals surface area contributed by atoms with Crippen LogP contribution in [0.25, 0.3) is 0 Å². The Kier molecular flexibility index (Phi) is 58.7. The number of hydrogen-bond donors (Lipinski definition) is 2. The minimum absolute atomic E-state index is 0. The van der Waals surface area contributed by atoms with Crippen molar-refractivity contribution in [3.05, 3.63) is 85.3 Å². The largest absolute Gasteiger partial charge is 0.496 e. The van der Waals surface area contributed by atoms with Crippen LogP contribution in [0.15, 0.2) is 85.3 Å². The Labute approximate surface area is 474 Å². The van der Waals surface area contributed by atoms with Crippen molar-refractivity contribution in [2.75, 3.05) is 38.7 Å². The van der Waals surface area contributed by atoms with E-state index < -0.39 is 15.2 Å². The molecule has 0 aromatic heterocycles. The standard InChI is InChI=1S/C65H116N2O6S.C2H6.2H2/c1-7-11-14-17-20-23-26-29-32-35-38-41-44-47-50-53-62(5)71-59-65(66-57-58-74(6,70)67-56-10-4,60-72-63(68)54-51-48-45-42-39-36-33-30-27-24-21-18-15-12-8-2)61-73-64(69)55-52-49-46-43-40-37-34-31-28-25-22-19-16-13-9-3;1-2;;/h20-25,29-34,66H,5-19,26-28,35-61H2,1-4H3,(H,67,70);1-2H3;2*1H/b23-20-,24-21-,25-22-,32-29-,33-30-,34-31-;;;. The van der Waals surface area contributed by atoms with E-state index in [4.69, 9.17) is 14.2 Å². The highest BCUT2D eigenvalue weighted by Gasteiger charge is 2.35. The first-order valence-corrected chi connectivity index (χ1v) is 33.4. The van der Waals surface area contributed by atoms with Gasteiger partial charge in [0.15, 0.2) is 0 Å². The molecular formula is C67H126N2O6S. The Hall–Kier alpha value is -3.14. The number of unbranched alkanes of at least 4 members (excludes halogenated alkanes) is 24. The molecule has 446 valence electrons. The van der Waals surface area contributed by atoms with Gasteiger partial charge < -0.3 is 19.5 Å². The molecule has 0 aliphatic heterocycles. The maximum absolute atomic E-state index is 13.3. The van der Waals surface area contributed by atoms with Crippen LogP contribution in [0.2, 0.25) is 0 Å². The van der Waals surface area contributed by atoms with Gasteiger partial charge in [-0.2, -0.15) is 0 Å². The zero-order chi connectivity index (χ0) is 56.2. The van der Waals surface area contributed by atoms with E-state index in [2.05, 4.69) is 116 Å². The van der Waals surface area contributed by atoms with Crippen LogP contribution in [0.1, 0.15) is 282 Å². The summed E-state index contributed by atoms with van der Waals surface area (Å²) in [7, 11) is -2.56. The molecule has 0 spiro atoms. The molecule has 0 amide bonds. The third kappa shape index (κ3) is 55.6. The van der Waals surface area contributed by atoms with E-state index in [0.717, 1.165) is 128 Å². The van der Waals surface area contributed by atoms with Crippen LogP contribution >= 0.6 is 0 Å². The topological polar surface area (TPSA) is 103 Å². The summed E-state index contributed by atoms with van der Waals surface area (Å²) in [5.74, 6) is 4.30. The Morgan fingerprint density at radius 3 is 1.11 bits per heavy atom. The van der Waals surface area contributed by atoms with Crippen molar-refractivity contribution < 1.29 is 30.9 Å². The van der Waals surface area contributed by atoms with E-state index in [1.165, 1.54) is 89.9 Å². The number of allylic oxidation sites excluding steroid dienone is 13. The second-order valence-electron chi connectivity index (χ2n) is 20.7. The minimum Gasteiger partial charge on any atom is -0.496 e. The minimum atomic E-state index is -2.56. The third-order valence-corrected chi connectivity index (χ3v) is 14.8. The van der Waals surface area contributed by atoms with Gasteiger partial charge in [-0.3, -0.25) is 13.8 Å². The zero-order valence-electron chi connectivity index (χ0n) is 50.6. The van der Waals surface area contributed by atoms with Crippen LogP contribution in [-0.2, 0) is 33.5 Å². The zero-order valence-corrected chi connectivity index (χ0v) is 51.4. The predicted octanol–water partition coefficient (Wildman–Crippen LogP) is 19.5. The first-order valence-electron chi connectivity index (χ1n) is 31.5. The first kappa shape index (κ1) is 74.9. The summed E-state index contributed by atoms with van der Waals surface area (Å²) in [6.07, 6.45) is 66.9. The van der Waals surface area contributed by atoms with E-state index in [1.54, 1.807) is 0 Å². The van der Waals surface area contributed by atoms with Gasteiger partial charge in [0.05, 0.1) is 5.76 Å². The summed E-state index contributed by atoms with van der Waals surface area (Å²) in [6, 6.07) is 0. The van der Waals surface area contributed by atoms with Crippen molar-refractivity contribution in [1.82, 2.24) is 10.0 Å². The van der Waals surface area contributed by atoms with Crippen molar-refractivity contribution in [3.63, 3.8) is 0 Å². The quantitative estimate of drug-likeness (QED) is 0.0206. The van der Waals surface area contributed by atoms with Gasteiger partial charge in [0.1, 0.15) is 25.4 Å². The molecule has 0 saturated carbocycles. The molecular weight excluding hydrogens is 961 g/mol. The van der Waals surface area contributed by atoms with Gasteiger partial charge in [-0.15, -0.1) is 0 Å². The lowest BCUT2D eigenvalue weighted by Crippen LogP contribution is -2.58. The van der Waals surface area contributed by atoms with Crippen LogP contribution in [0.3, 0.4) is 0 Å². The monoisotopic (exact) mass is 1090 g/mol. The highest BCUT2D eigenvalue weighted by atomic mass is 32.2. The van der Waals surface area contributed by atoms with E-state index in [1.807, 2.05) is 20.8 Å². The Balaban J connectivity index is -0.00000676. The maximum Gasteiger partial charge on any atom is 0.305 e. The molecule has 2 N–H and O–H groups in total. The lowest BCUT2D eigenvalue weighted by Gasteiger charge is -2.34. The molecule has 0 rings (SSSR count). The molecule has 76 heavy (non-hydrogen) atoms. The molecule has 0 fully saturated rings. The molecule has 0 radical (unpaired) electrons. The molecule has 1 atom stereocenters. The number of rotatable bonds is 56. The van der Waals surface area contributed by atoms with Crippen LogP contribution in [0.4, 0.5) is 0 Å². The van der Waals surface area contributed by atoms with Crippen LogP contribution < -0.4 is 10.0 Å². The number of nitrogens with one attached hydrogen (secondary N) is 2. The van der Waals surface area contributed by atoms with Crippen LogP contribution in [0.5, 0.6) is 0 Å². The summed E-state index contributed by atoms with van der Waals surface area (Å²) in [6.45, 7) is 17.9. The summed E-state index contributed by atoms with van der Waals surface area (Å²) in [4.78, 5) is 26.6. The fourth-order valence-electron chi connectivity index (χ4n) is 8.31. The van der Waals surface area contributed by atoms with Crippen molar-refractivity contribution in [1.29, 1.82) is 0 Å². The third-order valence-electron chi connectivity index (χ3n) is 13.2. The molecule has 0 bridgehead atoms. The average Bonchev–Trinajstić information content (AvgIpc) is 3.42. The number of hydrogen-bond acceptors (Lipinski definition) is 7. The van der Waals surface area contributed by atoms with Gasteiger partial charge in [0.25, 0.3) is 0 Å².